The van der Waals surface area contributed by atoms with Gasteiger partial charge in [-0.15, -0.1) is 11.3 Å². The molecule has 0 saturated heterocycles. The van der Waals surface area contributed by atoms with E-state index in [0.717, 1.165) is 17.8 Å². The predicted octanol–water partition coefficient (Wildman–Crippen LogP) is 2.08. The Labute approximate surface area is 118 Å². The Morgan fingerprint density at radius 3 is 2.89 bits per heavy atom. The van der Waals surface area contributed by atoms with Gasteiger partial charge in [0, 0.05) is 31.8 Å². The first kappa shape index (κ1) is 15.9. The number of aliphatic hydroxyl groups is 1. The van der Waals surface area contributed by atoms with Crippen LogP contribution in [0.25, 0.3) is 0 Å². The minimum absolute atomic E-state index is 0.0719. The molecule has 0 radical (unpaired) electrons. The molecule has 5 nitrogen and oxygen atoms in total. The van der Waals surface area contributed by atoms with Crippen LogP contribution in [0, 0.1) is 5.41 Å². The topological polar surface area (TPSA) is 65.5 Å². The molecule has 0 aliphatic carbocycles. The van der Waals surface area contributed by atoms with Gasteiger partial charge in [-0.1, -0.05) is 13.8 Å². The van der Waals surface area contributed by atoms with Crippen LogP contribution in [0.3, 0.4) is 0 Å². The van der Waals surface area contributed by atoms with Gasteiger partial charge in [0.15, 0.2) is 0 Å². The van der Waals surface area contributed by atoms with Crippen molar-refractivity contribution in [2.45, 2.75) is 33.2 Å². The van der Waals surface area contributed by atoms with Crippen molar-refractivity contribution in [3.05, 3.63) is 16.6 Å². The third-order valence-electron chi connectivity index (χ3n) is 2.94. The number of nitrogens with one attached hydrogen (secondary N) is 1. The molecule has 0 aliphatic heterocycles. The van der Waals surface area contributed by atoms with Gasteiger partial charge >= 0.3 is 6.03 Å². The van der Waals surface area contributed by atoms with Gasteiger partial charge in [-0.3, -0.25) is 0 Å². The summed E-state index contributed by atoms with van der Waals surface area (Å²) in [6, 6.07) is -0.0861. The lowest BCUT2D eigenvalue weighted by Gasteiger charge is -2.22. The molecule has 0 unspecified atom stereocenters. The van der Waals surface area contributed by atoms with Gasteiger partial charge in [0.1, 0.15) is 5.01 Å². The lowest BCUT2D eigenvalue weighted by Crippen LogP contribution is -2.37. The summed E-state index contributed by atoms with van der Waals surface area (Å²) in [5.41, 5.74) is -0.0719. The fourth-order valence-electron chi connectivity index (χ4n) is 1.58. The lowest BCUT2D eigenvalue weighted by molar-refractivity contribution is 0.147. The van der Waals surface area contributed by atoms with Crippen molar-refractivity contribution >= 4 is 17.4 Å². The zero-order chi connectivity index (χ0) is 14.3. The van der Waals surface area contributed by atoms with E-state index in [1.165, 1.54) is 0 Å². The highest BCUT2D eigenvalue weighted by molar-refractivity contribution is 7.09. The SMILES string of the molecule is CN(Cc1nccs1)C(=O)NCCCC(C)(C)CO. The number of carbonyl (C=O) groups excluding carboxylic acids is 1. The summed E-state index contributed by atoms with van der Waals surface area (Å²) in [5.74, 6) is 0. The van der Waals surface area contributed by atoms with E-state index in [2.05, 4.69) is 10.3 Å². The second-order valence-corrected chi connectivity index (χ2v) is 6.42. The van der Waals surface area contributed by atoms with Crippen LogP contribution in [0.2, 0.25) is 0 Å². The van der Waals surface area contributed by atoms with Gasteiger partial charge in [0.05, 0.1) is 6.54 Å². The standard InChI is InChI=1S/C13H23N3O2S/c1-13(2,10-17)5-4-6-15-12(18)16(3)9-11-14-7-8-19-11/h7-8,17H,4-6,9-10H2,1-3H3,(H,15,18). The Kier molecular flexibility index (Phi) is 6.24. The van der Waals surface area contributed by atoms with Crippen molar-refractivity contribution in [1.82, 2.24) is 15.2 Å². The number of thiazole rings is 1. The van der Waals surface area contributed by atoms with Gasteiger partial charge in [-0.05, 0) is 18.3 Å². The molecule has 108 valence electrons. The number of hydrogen-bond acceptors (Lipinski definition) is 4. The minimum Gasteiger partial charge on any atom is -0.396 e. The molecule has 0 atom stereocenters. The molecule has 19 heavy (non-hydrogen) atoms. The molecular weight excluding hydrogens is 262 g/mol. The molecule has 0 saturated carbocycles. The van der Waals surface area contributed by atoms with Crippen LogP contribution in [0.1, 0.15) is 31.7 Å². The average Bonchev–Trinajstić information content (AvgIpc) is 2.87. The molecule has 0 aromatic carbocycles. The van der Waals surface area contributed by atoms with Gasteiger partial charge in [-0.2, -0.15) is 0 Å². The highest BCUT2D eigenvalue weighted by Gasteiger charge is 2.16. The third-order valence-corrected chi connectivity index (χ3v) is 3.70. The van der Waals surface area contributed by atoms with E-state index in [0.29, 0.717) is 13.1 Å². The van der Waals surface area contributed by atoms with Crippen molar-refractivity contribution in [3.8, 4) is 0 Å². The molecular formula is C13H23N3O2S. The summed E-state index contributed by atoms with van der Waals surface area (Å²) in [7, 11) is 1.76. The zero-order valence-electron chi connectivity index (χ0n) is 11.8. The Morgan fingerprint density at radius 2 is 2.32 bits per heavy atom. The van der Waals surface area contributed by atoms with Crippen molar-refractivity contribution in [3.63, 3.8) is 0 Å². The molecule has 0 fully saturated rings. The Bertz CT molecular complexity index is 379. The van der Waals surface area contributed by atoms with E-state index >= 15 is 0 Å². The number of hydrogen-bond donors (Lipinski definition) is 2. The van der Waals surface area contributed by atoms with Crippen LogP contribution in [-0.4, -0.2) is 41.2 Å². The van der Waals surface area contributed by atoms with Gasteiger partial charge < -0.3 is 15.3 Å². The molecule has 2 amide bonds. The maximum atomic E-state index is 11.8. The van der Waals surface area contributed by atoms with E-state index in [1.807, 2.05) is 19.2 Å². The van der Waals surface area contributed by atoms with Crippen LogP contribution in [0.15, 0.2) is 11.6 Å². The smallest absolute Gasteiger partial charge is 0.317 e. The molecule has 6 heteroatoms. The van der Waals surface area contributed by atoms with E-state index < -0.39 is 0 Å². The molecule has 1 rings (SSSR count). The van der Waals surface area contributed by atoms with Crippen molar-refractivity contribution in [2.75, 3.05) is 20.2 Å². The third kappa shape index (κ3) is 6.02. The molecule has 0 bridgehead atoms. The lowest BCUT2D eigenvalue weighted by atomic mass is 9.89. The van der Waals surface area contributed by atoms with Gasteiger partial charge in [0.2, 0.25) is 0 Å². The maximum Gasteiger partial charge on any atom is 0.317 e. The van der Waals surface area contributed by atoms with E-state index in [1.54, 1.807) is 29.5 Å². The Hall–Kier alpha value is -1.14. The molecule has 0 spiro atoms. The monoisotopic (exact) mass is 285 g/mol. The van der Waals surface area contributed by atoms with E-state index in [9.17, 15) is 4.79 Å². The Morgan fingerprint density at radius 1 is 1.58 bits per heavy atom. The largest absolute Gasteiger partial charge is 0.396 e. The van der Waals surface area contributed by atoms with E-state index in [-0.39, 0.29) is 18.1 Å². The maximum absolute atomic E-state index is 11.8. The summed E-state index contributed by atoms with van der Waals surface area (Å²) in [6.45, 7) is 5.37. The summed E-state index contributed by atoms with van der Waals surface area (Å²) in [4.78, 5) is 17.6. The first-order valence-electron chi connectivity index (χ1n) is 6.43. The highest BCUT2D eigenvalue weighted by atomic mass is 32.1. The molecule has 1 aromatic heterocycles. The van der Waals surface area contributed by atoms with E-state index in [4.69, 9.17) is 5.11 Å². The van der Waals surface area contributed by atoms with Crippen LogP contribution < -0.4 is 5.32 Å². The first-order valence-corrected chi connectivity index (χ1v) is 7.31. The quantitative estimate of drug-likeness (QED) is 0.754. The van der Waals surface area contributed by atoms with Crippen LogP contribution in [0.4, 0.5) is 4.79 Å². The molecule has 1 heterocycles. The first-order chi connectivity index (χ1) is 8.94. The van der Waals surface area contributed by atoms with Crippen molar-refractivity contribution in [1.29, 1.82) is 0 Å². The fraction of sp³-hybridized carbons (Fsp3) is 0.692. The van der Waals surface area contributed by atoms with Gasteiger partial charge in [-0.25, -0.2) is 9.78 Å². The molecule has 1 aromatic rings. The van der Waals surface area contributed by atoms with Gasteiger partial charge in [0.25, 0.3) is 0 Å². The zero-order valence-corrected chi connectivity index (χ0v) is 12.7. The second-order valence-electron chi connectivity index (χ2n) is 5.44. The average molecular weight is 285 g/mol. The highest BCUT2D eigenvalue weighted by Crippen LogP contribution is 2.20. The van der Waals surface area contributed by atoms with Crippen LogP contribution in [0.5, 0.6) is 0 Å². The number of aliphatic hydroxyl groups excluding tert-OH is 1. The Balaban J connectivity index is 2.20. The molecule has 2 N–H and O–H groups in total. The molecule has 0 aliphatic rings. The summed E-state index contributed by atoms with van der Waals surface area (Å²) >= 11 is 1.54. The number of rotatable bonds is 7. The normalized spacial score (nSPS) is 11.4. The number of nitrogens with zero attached hydrogens (tertiary/aromatic N) is 2. The predicted molar refractivity (Wildman–Crippen MR) is 77.1 cm³/mol. The van der Waals surface area contributed by atoms with Crippen LogP contribution >= 0.6 is 11.3 Å². The second kappa shape index (κ2) is 7.45. The van der Waals surface area contributed by atoms with Crippen molar-refractivity contribution < 1.29 is 9.90 Å². The van der Waals surface area contributed by atoms with Crippen molar-refractivity contribution in [2.24, 2.45) is 5.41 Å². The number of carbonyl (C=O) groups is 1. The minimum atomic E-state index is -0.0861. The number of urea groups is 1. The summed E-state index contributed by atoms with van der Waals surface area (Å²) < 4.78 is 0. The number of aromatic nitrogens is 1. The fourth-order valence-corrected chi connectivity index (χ4v) is 2.25. The number of amides is 2. The summed E-state index contributed by atoms with van der Waals surface area (Å²) in [6.07, 6.45) is 3.49. The summed E-state index contributed by atoms with van der Waals surface area (Å²) in [5, 5.41) is 14.8. The van der Waals surface area contributed by atoms with Crippen LogP contribution in [-0.2, 0) is 6.54 Å².